The van der Waals surface area contributed by atoms with E-state index in [1.807, 2.05) is 6.20 Å². The number of aryl methyl sites for hydroxylation is 1. The molecule has 0 saturated carbocycles. The molecule has 5 heteroatoms. The van der Waals surface area contributed by atoms with E-state index in [0.717, 1.165) is 50.8 Å². The van der Waals surface area contributed by atoms with Crippen molar-refractivity contribution in [2.24, 2.45) is 0 Å². The molecule has 0 spiro atoms. The van der Waals surface area contributed by atoms with E-state index in [1.54, 1.807) is 0 Å². The van der Waals surface area contributed by atoms with Crippen LogP contribution in [0, 0.1) is 6.92 Å². The molecule has 5 nitrogen and oxygen atoms in total. The van der Waals surface area contributed by atoms with E-state index in [9.17, 15) is 0 Å². The third-order valence-electron chi connectivity index (χ3n) is 3.69. The molecule has 1 aromatic heterocycles. The molecular formula is C14H24N4O. The molecule has 19 heavy (non-hydrogen) atoms. The van der Waals surface area contributed by atoms with Crippen LogP contribution in [-0.4, -0.2) is 42.8 Å². The summed E-state index contributed by atoms with van der Waals surface area (Å²) < 4.78 is 5.40. The normalized spacial score (nSPS) is 16.6. The molecule has 2 rings (SSSR count). The first-order valence-corrected chi connectivity index (χ1v) is 7.06. The Morgan fingerprint density at radius 3 is 2.79 bits per heavy atom. The van der Waals surface area contributed by atoms with Crippen LogP contribution in [0.1, 0.15) is 31.0 Å². The third-order valence-corrected chi connectivity index (χ3v) is 3.69. The van der Waals surface area contributed by atoms with Gasteiger partial charge in [0, 0.05) is 50.3 Å². The zero-order valence-electron chi connectivity index (χ0n) is 12.1. The molecule has 0 bridgehead atoms. The van der Waals surface area contributed by atoms with Crippen LogP contribution in [0.25, 0.3) is 0 Å². The number of ether oxygens (including phenoxy) is 1. The number of anilines is 1. The van der Waals surface area contributed by atoms with E-state index < -0.39 is 0 Å². The fourth-order valence-corrected chi connectivity index (χ4v) is 2.32. The summed E-state index contributed by atoms with van der Waals surface area (Å²) in [7, 11) is 2.08. The topological polar surface area (TPSA) is 50.3 Å². The summed E-state index contributed by atoms with van der Waals surface area (Å²) >= 11 is 0. The van der Waals surface area contributed by atoms with Gasteiger partial charge in [-0.2, -0.15) is 0 Å². The second-order valence-corrected chi connectivity index (χ2v) is 5.02. The van der Waals surface area contributed by atoms with E-state index in [4.69, 9.17) is 4.74 Å². The van der Waals surface area contributed by atoms with Gasteiger partial charge in [-0.15, -0.1) is 0 Å². The number of hydrogen-bond donors (Lipinski definition) is 1. The summed E-state index contributed by atoms with van der Waals surface area (Å²) in [6.07, 6.45) is 4.05. The minimum Gasteiger partial charge on any atom is -0.381 e. The summed E-state index contributed by atoms with van der Waals surface area (Å²) in [4.78, 5) is 11.3. The van der Waals surface area contributed by atoms with E-state index in [-0.39, 0.29) is 0 Å². The van der Waals surface area contributed by atoms with Crippen molar-refractivity contribution < 1.29 is 4.74 Å². The molecule has 0 amide bonds. The summed E-state index contributed by atoms with van der Waals surface area (Å²) in [6, 6.07) is 0.493. The predicted octanol–water partition coefficient (Wildman–Crippen LogP) is 1.51. The van der Waals surface area contributed by atoms with Crippen LogP contribution in [-0.2, 0) is 11.3 Å². The molecule has 1 aliphatic rings. The Kier molecular flexibility index (Phi) is 5.10. The molecule has 0 aliphatic carbocycles. The maximum absolute atomic E-state index is 5.40. The van der Waals surface area contributed by atoms with E-state index in [0.29, 0.717) is 6.04 Å². The monoisotopic (exact) mass is 264 g/mol. The Morgan fingerprint density at radius 1 is 1.42 bits per heavy atom. The predicted molar refractivity (Wildman–Crippen MR) is 76.4 cm³/mol. The average molecular weight is 264 g/mol. The lowest BCUT2D eigenvalue weighted by Crippen LogP contribution is -2.37. The maximum Gasteiger partial charge on any atom is 0.225 e. The summed E-state index contributed by atoms with van der Waals surface area (Å²) in [5.74, 6) is 0.824. The van der Waals surface area contributed by atoms with Gasteiger partial charge < -0.3 is 15.0 Å². The molecule has 2 heterocycles. The quantitative estimate of drug-likeness (QED) is 0.873. The Balaban J connectivity index is 2.05. The lowest BCUT2D eigenvalue weighted by atomic mass is 10.1. The van der Waals surface area contributed by atoms with Crippen molar-refractivity contribution in [3.8, 4) is 0 Å². The summed E-state index contributed by atoms with van der Waals surface area (Å²) in [5.41, 5.74) is 2.23. The Morgan fingerprint density at radius 2 is 2.16 bits per heavy atom. The van der Waals surface area contributed by atoms with Crippen molar-refractivity contribution in [1.29, 1.82) is 0 Å². The van der Waals surface area contributed by atoms with Gasteiger partial charge >= 0.3 is 0 Å². The van der Waals surface area contributed by atoms with Gasteiger partial charge in [0.15, 0.2) is 0 Å². The van der Waals surface area contributed by atoms with Crippen LogP contribution in [0.15, 0.2) is 6.20 Å². The highest BCUT2D eigenvalue weighted by Gasteiger charge is 2.20. The third kappa shape index (κ3) is 3.64. The van der Waals surface area contributed by atoms with Crippen LogP contribution in [0.5, 0.6) is 0 Å². The van der Waals surface area contributed by atoms with Crippen LogP contribution in [0.4, 0.5) is 5.95 Å². The van der Waals surface area contributed by atoms with Crippen molar-refractivity contribution in [2.75, 3.05) is 31.7 Å². The average Bonchev–Trinajstić information content (AvgIpc) is 2.46. The molecule has 0 aromatic carbocycles. The fraction of sp³-hybridized carbons (Fsp3) is 0.714. The standard InChI is InChI=1S/C14H24N4O/c1-4-15-9-12-10-16-14(17-11(12)2)18(3)13-5-7-19-8-6-13/h10,13,15H,4-9H2,1-3H3. The Hall–Kier alpha value is -1.20. The van der Waals surface area contributed by atoms with Gasteiger partial charge in [-0.3, -0.25) is 0 Å². The van der Waals surface area contributed by atoms with Gasteiger partial charge in [-0.05, 0) is 26.3 Å². The van der Waals surface area contributed by atoms with Crippen molar-refractivity contribution in [1.82, 2.24) is 15.3 Å². The number of nitrogens with zero attached hydrogens (tertiary/aromatic N) is 3. The minimum atomic E-state index is 0.493. The molecule has 1 N–H and O–H groups in total. The second-order valence-electron chi connectivity index (χ2n) is 5.02. The number of aromatic nitrogens is 2. The summed E-state index contributed by atoms with van der Waals surface area (Å²) in [6.45, 7) is 7.63. The highest BCUT2D eigenvalue weighted by molar-refractivity contribution is 5.33. The van der Waals surface area contributed by atoms with Gasteiger partial charge in [0.1, 0.15) is 0 Å². The molecular weight excluding hydrogens is 240 g/mol. The molecule has 0 radical (unpaired) electrons. The zero-order chi connectivity index (χ0) is 13.7. The molecule has 1 fully saturated rings. The maximum atomic E-state index is 5.40. The Bertz CT molecular complexity index is 404. The van der Waals surface area contributed by atoms with E-state index in [1.165, 1.54) is 5.56 Å². The molecule has 1 aromatic rings. The van der Waals surface area contributed by atoms with Gasteiger partial charge in [0.2, 0.25) is 5.95 Å². The van der Waals surface area contributed by atoms with Crippen molar-refractivity contribution in [3.05, 3.63) is 17.5 Å². The molecule has 0 atom stereocenters. The highest BCUT2D eigenvalue weighted by atomic mass is 16.5. The molecule has 1 aliphatic heterocycles. The van der Waals surface area contributed by atoms with Crippen LogP contribution in [0.3, 0.4) is 0 Å². The first kappa shape index (κ1) is 14.2. The SMILES string of the molecule is CCNCc1cnc(N(C)C2CCOCC2)nc1C. The second kappa shape index (κ2) is 6.82. The smallest absolute Gasteiger partial charge is 0.225 e. The van der Waals surface area contributed by atoms with Crippen LogP contribution in [0.2, 0.25) is 0 Å². The van der Waals surface area contributed by atoms with Crippen LogP contribution >= 0.6 is 0 Å². The first-order chi connectivity index (χ1) is 9.22. The van der Waals surface area contributed by atoms with E-state index in [2.05, 4.69) is 41.1 Å². The first-order valence-electron chi connectivity index (χ1n) is 7.06. The minimum absolute atomic E-state index is 0.493. The van der Waals surface area contributed by atoms with Gasteiger partial charge in [-0.1, -0.05) is 6.92 Å². The lowest BCUT2D eigenvalue weighted by Gasteiger charge is -2.31. The van der Waals surface area contributed by atoms with E-state index >= 15 is 0 Å². The number of hydrogen-bond acceptors (Lipinski definition) is 5. The van der Waals surface area contributed by atoms with Crippen molar-refractivity contribution in [2.45, 2.75) is 39.3 Å². The highest BCUT2D eigenvalue weighted by Crippen LogP contribution is 2.18. The van der Waals surface area contributed by atoms with Gasteiger partial charge in [-0.25, -0.2) is 9.97 Å². The molecule has 1 saturated heterocycles. The Labute approximate surface area is 115 Å². The zero-order valence-corrected chi connectivity index (χ0v) is 12.1. The number of rotatable bonds is 5. The van der Waals surface area contributed by atoms with Gasteiger partial charge in [0.25, 0.3) is 0 Å². The van der Waals surface area contributed by atoms with Crippen molar-refractivity contribution in [3.63, 3.8) is 0 Å². The van der Waals surface area contributed by atoms with Crippen molar-refractivity contribution >= 4 is 5.95 Å². The lowest BCUT2D eigenvalue weighted by molar-refractivity contribution is 0.0852. The number of nitrogens with one attached hydrogen (secondary N) is 1. The van der Waals surface area contributed by atoms with Crippen LogP contribution < -0.4 is 10.2 Å². The molecule has 106 valence electrons. The summed E-state index contributed by atoms with van der Waals surface area (Å²) in [5, 5.41) is 3.31. The fourth-order valence-electron chi connectivity index (χ4n) is 2.32. The largest absolute Gasteiger partial charge is 0.381 e. The molecule has 0 unspecified atom stereocenters. The van der Waals surface area contributed by atoms with Gasteiger partial charge in [0.05, 0.1) is 0 Å².